The number of nitrogens with two attached hydrogens (primary N) is 2. The molecule has 4 heterocycles. The van der Waals surface area contributed by atoms with Crippen LogP contribution in [0.15, 0.2) is 42.9 Å². The molecule has 9 nitrogen and oxygen atoms in total. The average molecular weight is 538 g/mol. The van der Waals surface area contributed by atoms with Crippen molar-refractivity contribution in [3.05, 3.63) is 64.3 Å². The molecule has 0 amide bonds. The highest BCUT2D eigenvalue weighted by Gasteiger charge is 2.24. The molecule has 0 unspecified atom stereocenters. The van der Waals surface area contributed by atoms with E-state index in [-0.39, 0.29) is 5.82 Å². The number of anilines is 1. The van der Waals surface area contributed by atoms with Crippen molar-refractivity contribution in [2.24, 2.45) is 10.9 Å². The maximum absolute atomic E-state index is 15.0. The number of pyridine rings is 2. The van der Waals surface area contributed by atoms with Gasteiger partial charge in [0.2, 0.25) is 0 Å². The van der Waals surface area contributed by atoms with Gasteiger partial charge in [-0.2, -0.15) is 5.10 Å². The van der Waals surface area contributed by atoms with E-state index in [0.717, 1.165) is 5.52 Å². The first-order valence-corrected chi connectivity index (χ1v) is 13.6. The molecule has 5 N–H and O–H groups in total. The molecule has 35 heavy (non-hydrogen) atoms. The number of nitrogens with zero attached hydrogens (tertiary/aromatic N) is 4. The number of aromatic nitrogens is 4. The van der Waals surface area contributed by atoms with Crippen LogP contribution >= 0.6 is 23.2 Å². The van der Waals surface area contributed by atoms with E-state index in [2.05, 4.69) is 20.2 Å². The maximum atomic E-state index is 15.0. The highest BCUT2D eigenvalue weighted by atomic mass is 35.5. The second-order valence-corrected chi connectivity index (χ2v) is 11.9. The van der Waals surface area contributed by atoms with Crippen LogP contribution in [0.5, 0.6) is 5.75 Å². The maximum Gasteiger partial charge on any atom is 0.177 e. The minimum Gasteiger partial charge on any atom is -0.471 e. The number of hydrogen-bond donors (Lipinski definition) is 4. The Bertz CT molecular complexity index is 1440. The summed E-state index contributed by atoms with van der Waals surface area (Å²) >= 11 is 12.4. The zero-order chi connectivity index (χ0) is 24.7. The van der Waals surface area contributed by atoms with Gasteiger partial charge in [-0.3, -0.25) is 25.2 Å². The van der Waals surface area contributed by atoms with Gasteiger partial charge in [-0.1, -0.05) is 33.3 Å². The number of thiol groups is 1. The number of aromatic amines is 1. The number of hydrogen-bond acceptors (Lipinski definition) is 7. The minimum atomic E-state index is -2.62. The molecule has 0 spiro atoms. The third-order valence-corrected chi connectivity index (χ3v) is 8.38. The van der Waals surface area contributed by atoms with E-state index in [9.17, 15) is 4.21 Å². The molecule has 3 aromatic heterocycles. The van der Waals surface area contributed by atoms with E-state index in [4.69, 9.17) is 38.8 Å². The monoisotopic (exact) mass is 537 g/mol. The molecule has 1 atom stereocenters. The summed E-state index contributed by atoms with van der Waals surface area (Å²) in [4.78, 5) is 10.00. The van der Waals surface area contributed by atoms with Gasteiger partial charge in [0.1, 0.15) is 11.4 Å². The van der Waals surface area contributed by atoms with Gasteiger partial charge in [-0.25, -0.2) is 9.37 Å². The molecule has 5 rings (SSSR count). The lowest BCUT2D eigenvalue weighted by molar-refractivity contribution is 0.214. The van der Waals surface area contributed by atoms with E-state index in [1.807, 2.05) is 0 Å². The van der Waals surface area contributed by atoms with Crippen molar-refractivity contribution in [3.8, 4) is 17.0 Å². The highest BCUT2D eigenvalue weighted by molar-refractivity contribution is 8.01. The summed E-state index contributed by atoms with van der Waals surface area (Å²) in [6, 6.07) is 6.62. The fourth-order valence-corrected chi connectivity index (χ4v) is 5.96. The fourth-order valence-electron chi connectivity index (χ4n) is 3.99. The van der Waals surface area contributed by atoms with Gasteiger partial charge >= 0.3 is 0 Å². The molecule has 1 fully saturated rings. The van der Waals surface area contributed by atoms with Crippen LogP contribution in [0.1, 0.15) is 11.8 Å². The average Bonchev–Trinajstić information content (AvgIpc) is 3.22. The number of fused-ring (bicyclic) bond motifs is 1. The summed E-state index contributed by atoms with van der Waals surface area (Å²) in [5.41, 5.74) is 8.32. The zero-order valence-corrected chi connectivity index (χ0v) is 20.7. The smallest absolute Gasteiger partial charge is 0.177 e. The van der Waals surface area contributed by atoms with Crippen molar-refractivity contribution < 1.29 is 13.3 Å². The summed E-state index contributed by atoms with van der Waals surface area (Å²) in [5, 5.41) is 14.3. The summed E-state index contributed by atoms with van der Waals surface area (Å²) in [6.45, 7) is 0.795. The summed E-state index contributed by atoms with van der Waals surface area (Å²) in [7, 11) is -2.62. The highest BCUT2D eigenvalue weighted by Crippen LogP contribution is 2.34. The zero-order valence-electron chi connectivity index (χ0n) is 18.3. The Morgan fingerprint density at radius 2 is 1.86 bits per heavy atom. The molecule has 1 aromatic carbocycles. The largest absolute Gasteiger partial charge is 0.471 e. The molecule has 1 saturated heterocycles. The molecule has 4 aromatic rings. The number of benzene rings is 1. The first-order chi connectivity index (χ1) is 16.7. The molecule has 0 bridgehead atoms. The lowest BCUT2D eigenvalue weighted by Gasteiger charge is -2.33. The Morgan fingerprint density at radius 1 is 1.14 bits per heavy atom. The third-order valence-electron chi connectivity index (χ3n) is 5.86. The summed E-state index contributed by atoms with van der Waals surface area (Å²) in [5.74, 6) is 0.820. The van der Waals surface area contributed by atoms with Gasteiger partial charge in [0, 0.05) is 59.7 Å². The molecule has 184 valence electrons. The van der Waals surface area contributed by atoms with Crippen molar-refractivity contribution in [3.63, 3.8) is 0 Å². The standard InChI is InChI=1S/C22H22Cl2FN7O2S/c23-15-10-28-11-16(24)19(15)21(26)34-13-1-2-18-14(8-13)20(31-30-18)12-7-17(25)22(29-9-12)32-3-5-35(27,33)6-4-32/h1-2,7-11,21,35H,3-6,26H2,(H2,27,33)(H,30,31)/t21-/m0/s1. The van der Waals surface area contributed by atoms with Gasteiger partial charge in [0.25, 0.3) is 0 Å². The number of nitrogens with one attached hydrogen (secondary N) is 1. The lowest BCUT2D eigenvalue weighted by atomic mass is 10.1. The molecular formula is C22H22Cl2FN7O2S. The van der Waals surface area contributed by atoms with E-state index >= 15 is 4.39 Å². The second-order valence-electron chi connectivity index (χ2n) is 8.25. The van der Waals surface area contributed by atoms with Crippen LogP contribution in [0.2, 0.25) is 10.0 Å². The first kappa shape index (κ1) is 23.9. The van der Waals surface area contributed by atoms with Gasteiger partial charge < -0.3 is 9.64 Å². The van der Waals surface area contributed by atoms with Gasteiger partial charge in [-0.15, -0.1) is 0 Å². The Morgan fingerprint density at radius 3 is 2.54 bits per heavy atom. The van der Waals surface area contributed by atoms with Crippen molar-refractivity contribution in [1.82, 2.24) is 20.2 Å². The van der Waals surface area contributed by atoms with Gasteiger partial charge in [0.15, 0.2) is 17.9 Å². The van der Waals surface area contributed by atoms with Crippen molar-refractivity contribution in [2.75, 3.05) is 29.5 Å². The number of halogens is 3. The summed E-state index contributed by atoms with van der Waals surface area (Å²) in [6.07, 6.45) is 3.50. The Labute approximate surface area is 211 Å². The summed E-state index contributed by atoms with van der Waals surface area (Å²) < 4.78 is 32.9. The van der Waals surface area contributed by atoms with Crippen LogP contribution in [-0.4, -0.2) is 49.0 Å². The Balaban J connectivity index is 1.42. The Kier molecular flexibility index (Phi) is 6.36. The van der Waals surface area contributed by atoms with Crippen LogP contribution in [0.3, 0.4) is 0 Å². The molecule has 13 heteroatoms. The minimum absolute atomic E-state index is 0.203. The molecule has 0 saturated carbocycles. The molecule has 0 radical (unpaired) electrons. The SMILES string of the molecule is N[C@@H](Oc1ccc2[nH]nc(-c3cnc(N4CC[SH](N)(=O)CC4)c(F)c3)c2c1)c1c(Cl)cncc1Cl. The third kappa shape index (κ3) is 4.82. The number of ether oxygens (including phenoxy) is 1. The molecule has 0 aliphatic carbocycles. The van der Waals surface area contributed by atoms with E-state index in [1.54, 1.807) is 29.3 Å². The second kappa shape index (κ2) is 9.32. The van der Waals surface area contributed by atoms with Crippen LogP contribution in [0.4, 0.5) is 10.2 Å². The van der Waals surface area contributed by atoms with E-state index < -0.39 is 22.2 Å². The predicted octanol–water partition coefficient (Wildman–Crippen LogP) is 3.21. The predicted molar refractivity (Wildman–Crippen MR) is 137 cm³/mol. The normalized spacial score (nSPS) is 17.3. The molecule has 1 aliphatic rings. The lowest BCUT2D eigenvalue weighted by Crippen LogP contribution is -2.48. The number of H-pyrrole nitrogens is 1. The van der Waals surface area contributed by atoms with Crippen molar-refractivity contribution in [1.29, 1.82) is 0 Å². The fraction of sp³-hybridized carbons (Fsp3) is 0.227. The van der Waals surface area contributed by atoms with Gasteiger partial charge in [-0.05, 0) is 24.3 Å². The molecule has 1 aliphatic heterocycles. The van der Waals surface area contributed by atoms with Crippen LogP contribution < -0.4 is 20.5 Å². The van der Waals surface area contributed by atoms with Crippen LogP contribution in [0.25, 0.3) is 22.2 Å². The quantitative estimate of drug-likeness (QED) is 0.226. The number of rotatable bonds is 5. The molecular weight excluding hydrogens is 516 g/mol. The van der Waals surface area contributed by atoms with Crippen LogP contribution in [-0.2, 0) is 10.1 Å². The van der Waals surface area contributed by atoms with Crippen molar-refractivity contribution >= 4 is 50.0 Å². The van der Waals surface area contributed by atoms with Crippen LogP contribution in [0, 0.1) is 5.82 Å². The van der Waals surface area contributed by atoms with E-state index in [1.165, 1.54) is 18.5 Å². The van der Waals surface area contributed by atoms with Crippen molar-refractivity contribution in [2.45, 2.75) is 6.23 Å². The topological polar surface area (TPSA) is 136 Å². The van der Waals surface area contributed by atoms with Gasteiger partial charge in [0.05, 0.1) is 15.6 Å². The Hall–Kier alpha value is -2.83. The van der Waals surface area contributed by atoms with E-state index in [0.29, 0.717) is 62.6 Å². The first-order valence-electron chi connectivity index (χ1n) is 10.7.